The quantitative estimate of drug-likeness (QED) is 0.0601. The van der Waals surface area contributed by atoms with Crippen molar-refractivity contribution in [2.24, 2.45) is 0 Å². The van der Waals surface area contributed by atoms with Crippen molar-refractivity contribution in [1.82, 2.24) is 20.5 Å². The second kappa shape index (κ2) is 29.0. The van der Waals surface area contributed by atoms with Crippen LogP contribution >= 0.6 is 15.9 Å². The van der Waals surface area contributed by atoms with E-state index in [0.717, 1.165) is 34.3 Å². The molecule has 1 aromatic heterocycles. The number of pyridine rings is 1. The van der Waals surface area contributed by atoms with Gasteiger partial charge in [0.05, 0.1) is 12.2 Å². The predicted octanol–water partition coefficient (Wildman–Crippen LogP) is 5.64. The molecule has 3 aromatic carbocycles. The number of aliphatic hydroxyl groups excluding tert-OH is 2. The average Bonchev–Trinajstić information content (AvgIpc) is 3.17. The van der Waals surface area contributed by atoms with Crippen LogP contribution in [0.4, 0.5) is 0 Å². The molecular weight excluding hydrogens is 808 g/mol. The van der Waals surface area contributed by atoms with Crippen LogP contribution in [-0.4, -0.2) is 107 Å². The number of carboxylic acids is 2. The summed E-state index contributed by atoms with van der Waals surface area (Å²) in [4.78, 5) is 25.8. The summed E-state index contributed by atoms with van der Waals surface area (Å²) in [6.07, 6.45) is 3.22. The van der Waals surface area contributed by atoms with E-state index in [0.29, 0.717) is 18.1 Å². The normalized spacial score (nSPS) is 13.4. The van der Waals surface area contributed by atoms with Crippen molar-refractivity contribution in [1.29, 1.82) is 0 Å². The average molecular weight is 864 g/mol. The summed E-state index contributed by atoms with van der Waals surface area (Å²) in [6.45, 7) is 4.96. The molecule has 0 fully saturated rings. The Hall–Kier alpha value is -4.36. The number of carbonyl (C=O) groups is 2. The molecular formula is C40H55BrN4O10S. The molecule has 4 aromatic rings. The fraction of sp³-hybridized carbons (Fsp3) is 0.325. The van der Waals surface area contributed by atoms with Crippen LogP contribution in [0.1, 0.15) is 60.8 Å². The van der Waals surface area contributed by atoms with E-state index in [1.165, 1.54) is 5.56 Å². The van der Waals surface area contributed by atoms with Gasteiger partial charge in [-0.15, -0.1) is 0 Å². The van der Waals surface area contributed by atoms with Crippen LogP contribution in [0.2, 0.25) is 0 Å². The van der Waals surface area contributed by atoms with Crippen molar-refractivity contribution in [2.45, 2.75) is 50.5 Å². The molecule has 0 amide bonds. The van der Waals surface area contributed by atoms with Gasteiger partial charge in [0.1, 0.15) is 0 Å². The number of halogens is 1. The summed E-state index contributed by atoms with van der Waals surface area (Å²) in [5.41, 5.74) is 4.38. The maximum atomic E-state index is 9.73. The van der Waals surface area contributed by atoms with E-state index in [1.807, 2.05) is 101 Å². The summed E-state index contributed by atoms with van der Waals surface area (Å²) in [7, 11) is 3.24. The number of aromatic nitrogens is 1. The molecule has 56 heavy (non-hydrogen) atoms. The Morgan fingerprint density at radius 2 is 1.11 bits per heavy atom. The molecule has 14 nitrogen and oxygen atoms in total. The molecule has 8 N–H and O–H groups in total. The van der Waals surface area contributed by atoms with E-state index < -0.39 is 34.5 Å². The van der Waals surface area contributed by atoms with Crippen molar-refractivity contribution in [3.8, 4) is 0 Å². The Labute approximate surface area is 338 Å². The number of carboxylic acid groups (broad SMARTS) is 2. The predicted molar refractivity (Wildman–Crippen MR) is 222 cm³/mol. The van der Waals surface area contributed by atoms with Crippen LogP contribution in [0.3, 0.4) is 0 Å². The molecule has 0 radical (unpaired) electrons. The molecule has 0 bridgehead atoms. The van der Waals surface area contributed by atoms with E-state index in [9.17, 15) is 19.8 Å². The Morgan fingerprint density at radius 3 is 1.43 bits per heavy atom. The monoisotopic (exact) mass is 862 g/mol. The summed E-state index contributed by atoms with van der Waals surface area (Å²) < 4.78 is 32.7. The van der Waals surface area contributed by atoms with Gasteiger partial charge in [0.15, 0.2) is 0 Å². The third kappa shape index (κ3) is 25.7. The van der Waals surface area contributed by atoms with Gasteiger partial charge in [-0.2, -0.15) is 8.42 Å². The molecule has 0 saturated heterocycles. The molecule has 5 atom stereocenters. The van der Waals surface area contributed by atoms with E-state index in [4.69, 9.17) is 27.7 Å². The zero-order chi connectivity index (χ0) is 42.7. The minimum Gasteiger partial charge on any atom is -0.478 e. The zero-order valence-electron chi connectivity index (χ0n) is 32.3. The number of likely N-dealkylation sites (N-methyl/N-ethyl adjacent to an activating group) is 2. The van der Waals surface area contributed by atoms with Crippen LogP contribution < -0.4 is 10.6 Å². The molecule has 0 spiro atoms. The Kier molecular flexibility index (Phi) is 26.7. The van der Waals surface area contributed by atoms with Gasteiger partial charge in [0.2, 0.25) is 0 Å². The van der Waals surface area contributed by atoms with Gasteiger partial charge < -0.3 is 36.0 Å². The van der Waals surface area contributed by atoms with Gasteiger partial charge >= 0.3 is 22.3 Å². The van der Waals surface area contributed by atoms with Crippen LogP contribution in [0.25, 0.3) is 0 Å². The highest BCUT2D eigenvalue weighted by Gasteiger charge is 2.16. The number of rotatable bonds is 13. The minimum absolute atomic E-state index is 0.0902. The maximum Gasteiger partial charge on any atom is 0.394 e. The smallest absolute Gasteiger partial charge is 0.394 e. The molecule has 0 aliphatic rings. The number of hydrogen-bond acceptors (Lipinski definition) is 10. The lowest BCUT2D eigenvalue weighted by atomic mass is 9.92. The van der Waals surface area contributed by atoms with E-state index >= 15 is 0 Å². The number of nitrogens with zero attached hydrogens (tertiary/aromatic N) is 2. The number of aliphatic hydroxyl groups is 2. The largest absolute Gasteiger partial charge is 0.478 e. The highest BCUT2D eigenvalue weighted by Crippen LogP contribution is 2.27. The molecule has 4 rings (SSSR count). The molecule has 1 heterocycles. The lowest BCUT2D eigenvalue weighted by Gasteiger charge is -2.19. The SMILES string of the molecule is CN(C)CCC(c1ccc(Br)cc1)c1ccccn1.CNC(C)C(O)c1ccccc1.CNC(C)C(O)c1ccccc1.O=C(O)/C=C\C(=O)O.O=S(=O)(O)O. The minimum atomic E-state index is -4.67. The van der Waals surface area contributed by atoms with Gasteiger partial charge in [-0.25, -0.2) is 9.59 Å². The van der Waals surface area contributed by atoms with Crippen molar-refractivity contribution in [3.63, 3.8) is 0 Å². The van der Waals surface area contributed by atoms with Gasteiger partial charge in [-0.1, -0.05) is 94.8 Å². The van der Waals surface area contributed by atoms with Crippen molar-refractivity contribution < 1.29 is 47.5 Å². The first-order valence-electron chi connectivity index (χ1n) is 17.3. The number of benzene rings is 3. The first-order valence-corrected chi connectivity index (χ1v) is 19.4. The fourth-order valence-electron chi connectivity index (χ4n) is 4.49. The van der Waals surface area contributed by atoms with E-state index in [-0.39, 0.29) is 12.1 Å². The lowest BCUT2D eigenvalue weighted by molar-refractivity contribution is -0.134. The Morgan fingerprint density at radius 1 is 0.714 bits per heavy atom. The maximum absolute atomic E-state index is 9.73. The second-order valence-corrected chi connectivity index (χ2v) is 14.1. The standard InChI is InChI=1S/C16H19BrN2.2C10H15NO.C4H4O4.H2O4S/c1-19(2)12-10-15(16-5-3-4-11-18-16)13-6-8-14(17)9-7-13;2*1-8(11-2)10(12)9-6-4-3-5-7-9;5-3(6)1-2-4(7)8;1-5(2,3)4/h3-9,11,15H,10,12H2,1-2H3;2*3-8,10-12H,1-2H3;1-2H,(H,5,6)(H,7,8);(H2,1,2,3,4)/b;;;2-1-;. The zero-order valence-corrected chi connectivity index (χ0v) is 34.7. The van der Waals surface area contributed by atoms with Crippen LogP contribution in [-0.2, 0) is 20.0 Å². The number of hydrogen-bond donors (Lipinski definition) is 8. The lowest BCUT2D eigenvalue weighted by Crippen LogP contribution is -2.28. The third-order valence-corrected chi connectivity index (χ3v) is 8.22. The number of nitrogens with one attached hydrogen (secondary N) is 2. The second-order valence-electron chi connectivity index (χ2n) is 12.3. The molecule has 0 aliphatic heterocycles. The van der Waals surface area contributed by atoms with Gasteiger partial charge in [-0.3, -0.25) is 14.1 Å². The summed E-state index contributed by atoms with van der Waals surface area (Å²) in [5.74, 6) is -2.16. The molecule has 5 unspecified atom stereocenters. The van der Waals surface area contributed by atoms with Crippen molar-refractivity contribution in [2.75, 3.05) is 34.7 Å². The summed E-state index contributed by atoms with van der Waals surface area (Å²) in [5, 5.41) is 41.1. The van der Waals surface area contributed by atoms with Crippen molar-refractivity contribution >= 4 is 38.3 Å². The van der Waals surface area contributed by atoms with Crippen LogP contribution in [0, 0.1) is 0 Å². The highest BCUT2D eigenvalue weighted by atomic mass is 79.9. The molecule has 16 heteroatoms. The van der Waals surface area contributed by atoms with Crippen LogP contribution in [0.5, 0.6) is 0 Å². The van der Waals surface area contributed by atoms with Crippen molar-refractivity contribution in [3.05, 3.63) is 148 Å². The first-order chi connectivity index (χ1) is 26.3. The topological polar surface area (TPSA) is 230 Å². The van der Waals surface area contributed by atoms with E-state index in [1.54, 1.807) is 0 Å². The molecule has 0 saturated carbocycles. The van der Waals surface area contributed by atoms with Gasteiger partial charge in [0.25, 0.3) is 0 Å². The summed E-state index contributed by atoms with van der Waals surface area (Å²) in [6, 6.07) is 34.2. The highest BCUT2D eigenvalue weighted by molar-refractivity contribution is 9.10. The first kappa shape index (κ1) is 51.6. The Bertz CT molecular complexity index is 1700. The molecule has 308 valence electrons. The van der Waals surface area contributed by atoms with Crippen LogP contribution in [0.15, 0.2) is 126 Å². The summed E-state index contributed by atoms with van der Waals surface area (Å²) >= 11 is 3.49. The van der Waals surface area contributed by atoms with Gasteiger partial charge in [-0.05, 0) is 96.0 Å². The van der Waals surface area contributed by atoms with Gasteiger partial charge in [0, 0.05) is 46.5 Å². The Balaban J connectivity index is 0.000000721. The third-order valence-electron chi connectivity index (χ3n) is 7.69. The van der Waals surface area contributed by atoms with E-state index in [2.05, 4.69) is 86.9 Å². The number of aliphatic carboxylic acids is 2. The molecule has 0 aliphatic carbocycles. The fourth-order valence-corrected chi connectivity index (χ4v) is 4.75.